The van der Waals surface area contributed by atoms with Gasteiger partial charge in [0.25, 0.3) is 0 Å². The third-order valence-electron chi connectivity index (χ3n) is 3.62. The van der Waals surface area contributed by atoms with Crippen molar-refractivity contribution in [2.24, 2.45) is 0 Å². The summed E-state index contributed by atoms with van der Waals surface area (Å²) in [6, 6.07) is 10.1. The number of aromatic nitrogens is 1. The van der Waals surface area contributed by atoms with Crippen LogP contribution in [0.15, 0.2) is 35.4 Å². The van der Waals surface area contributed by atoms with E-state index in [0.29, 0.717) is 25.1 Å². The van der Waals surface area contributed by atoms with E-state index in [0.717, 1.165) is 15.9 Å². The van der Waals surface area contributed by atoms with Crippen LogP contribution in [-0.2, 0) is 9.59 Å². The Morgan fingerprint density at radius 1 is 1.19 bits per heavy atom. The average Bonchev–Trinajstić information content (AvgIpc) is 2.79. The van der Waals surface area contributed by atoms with Crippen molar-refractivity contribution in [1.82, 2.24) is 9.88 Å². The smallest absolute Gasteiger partial charge is 0.229 e. The Labute approximate surface area is 127 Å². The van der Waals surface area contributed by atoms with Gasteiger partial charge in [0.2, 0.25) is 11.8 Å². The van der Waals surface area contributed by atoms with Gasteiger partial charge < -0.3 is 0 Å². The Kier molecular flexibility index (Phi) is 3.92. The van der Waals surface area contributed by atoms with Crippen LogP contribution >= 0.6 is 11.8 Å². The zero-order chi connectivity index (χ0) is 14.8. The van der Waals surface area contributed by atoms with Crippen LogP contribution in [0.4, 0.5) is 0 Å². The molecule has 21 heavy (non-hydrogen) atoms. The minimum atomic E-state index is -0.0525. The molecule has 0 saturated carbocycles. The highest BCUT2D eigenvalue weighted by molar-refractivity contribution is 7.99. The summed E-state index contributed by atoms with van der Waals surface area (Å²) < 4.78 is 0. The van der Waals surface area contributed by atoms with Crippen molar-refractivity contribution in [3.8, 4) is 0 Å². The Balaban J connectivity index is 1.68. The highest BCUT2D eigenvalue weighted by Crippen LogP contribution is 2.24. The minimum absolute atomic E-state index is 0.0525. The van der Waals surface area contributed by atoms with Gasteiger partial charge in [-0.1, -0.05) is 18.2 Å². The molecule has 2 heterocycles. The summed E-state index contributed by atoms with van der Waals surface area (Å²) in [6.45, 7) is 2.54. The van der Waals surface area contributed by atoms with Gasteiger partial charge in [0.15, 0.2) is 0 Å². The molecule has 0 aliphatic carbocycles. The van der Waals surface area contributed by atoms with Crippen LogP contribution in [-0.4, -0.2) is 34.0 Å². The van der Waals surface area contributed by atoms with Gasteiger partial charge in [0.05, 0.1) is 10.5 Å². The van der Waals surface area contributed by atoms with Gasteiger partial charge in [-0.2, -0.15) is 0 Å². The largest absolute Gasteiger partial charge is 0.282 e. The van der Waals surface area contributed by atoms with Crippen LogP contribution in [0.1, 0.15) is 18.4 Å². The quantitative estimate of drug-likeness (QED) is 0.643. The summed E-state index contributed by atoms with van der Waals surface area (Å²) in [5.74, 6) is 0.578. The zero-order valence-electron chi connectivity index (χ0n) is 11.8. The highest BCUT2D eigenvalue weighted by atomic mass is 32.2. The molecular weight excluding hydrogens is 284 g/mol. The number of pyridine rings is 1. The summed E-state index contributed by atoms with van der Waals surface area (Å²) in [4.78, 5) is 29.0. The van der Waals surface area contributed by atoms with E-state index < -0.39 is 0 Å². The van der Waals surface area contributed by atoms with Crippen molar-refractivity contribution in [3.05, 3.63) is 35.9 Å². The number of thioether (sulfide) groups is 1. The standard InChI is InChI=1S/C16H16N2O2S/c1-11-10-14(17-13-5-3-2-4-12(11)13)21-9-8-18-15(19)6-7-16(18)20/h2-5,10H,6-9H2,1H3. The SMILES string of the molecule is Cc1cc(SCCN2C(=O)CCC2=O)nc2ccccc12. The molecule has 0 atom stereocenters. The molecule has 0 unspecified atom stereocenters. The minimum Gasteiger partial charge on any atom is -0.282 e. The fraction of sp³-hybridized carbons (Fsp3) is 0.312. The molecule has 3 rings (SSSR count). The van der Waals surface area contributed by atoms with Gasteiger partial charge in [0, 0.05) is 30.5 Å². The van der Waals surface area contributed by atoms with Crippen LogP contribution in [0, 0.1) is 6.92 Å². The zero-order valence-corrected chi connectivity index (χ0v) is 12.7. The number of aryl methyl sites for hydroxylation is 1. The maximum Gasteiger partial charge on any atom is 0.229 e. The first-order valence-corrected chi connectivity index (χ1v) is 7.96. The number of benzene rings is 1. The molecule has 4 nitrogen and oxygen atoms in total. The monoisotopic (exact) mass is 300 g/mol. The van der Waals surface area contributed by atoms with Gasteiger partial charge in [-0.25, -0.2) is 4.98 Å². The van der Waals surface area contributed by atoms with Gasteiger partial charge in [-0.15, -0.1) is 11.8 Å². The number of fused-ring (bicyclic) bond motifs is 1. The van der Waals surface area contributed by atoms with Crippen LogP contribution < -0.4 is 0 Å². The Morgan fingerprint density at radius 3 is 2.67 bits per heavy atom. The molecule has 1 fully saturated rings. The van der Waals surface area contributed by atoms with Crippen LogP contribution in [0.25, 0.3) is 10.9 Å². The van der Waals surface area contributed by atoms with E-state index in [-0.39, 0.29) is 11.8 Å². The van der Waals surface area contributed by atoms with E-state index >= 15 is 0 Å². The van der Waals surface area contributed by atoms with E-state index in [9.17, 15) is 9.59 Å². The van der Waals surface area contributed by atoms with Gasteiger partial charge in [0.1, 0.15) is 0 Å². The van der Waals surface area contributed by atoms with Crippen LogP contribution in [0.5, 0.6) is 0 Å². The molecule has 2 amide bonds. The number of carbonyl (C=O) groups is 2. The molecule has 0 spiro atoms. The Hall–Kier alpha value is -1.88. The topological polar surface area (TPSA) is 50.3 Å². The van der Waals surface area contributed by atoms with Gasteiger partial charge in [-0.3, -0.25) is 14.5 Å². The maximum absolute atomic E-state index is 11.5. The predicted octanol–water partition coefficient (Wildman–Crippen LogP) is 2.78. The number of rotatable bonds is 4. The second-order valence-electron chi connectivity index (χ2n) is 5.08. The second kappa shape index (κ2) is 5.85. The number of hydrogen-bond donors (Lipinski definition) is 0. The van der Waals surface area contributed by atoms with Crippen molar-refractivity contribution < 1.29 is 9.59 Å². The Bertz CT molecular complexity index is 698. The van der Waals surface area contributed by atoms with Crippen molar-refractivity contribution in [2.45, 2.75) is 24.8 Å². The molecule has 0 N–H and O–H groups in total. The van der Waals surface area contributed by atoms with Crippen molar-refractivity contribution in [2.75, 3.05) is 12.3 Å². The fourth-order valence-corrected chi connectivity index (χ4v) is 3.41. The summed E-state index contributed by atoms with van der Waals surface area (Å²) in [5, 5.41) is 2.09. The summed E-state index contributed by atoms with van der Waals surface area (Å²) >= 11 is 1.58. The molecule has 0 bridgehead atoms. The van der Waals surface area contributed by atoms with E-state index in [1.165, 1.54) is 10.5 Å². The summed E-state index contributed by atoms with van der Waals surface area (Å²) in [6.07, 6.45) is 0.716. The molecule has 1 saturated heterocycles. The van der Waals surface area contributed by atoms with E-state index in [1.807, 2.05) is 18.2 Å². The van der Waals surface area contributed by atoms with Gasteiger partial charge >= 0.3 is 0 Å². The van der Waals surface area contributed by atoms with E-state index in [4.69, 9.17) is 0 Å². The fourth-order valence-electron chi connectivity index (χ4n) is 2.51. The van der Waals surface area contributed by atoms with E-state index in [2.05, 4.69) is 24.0 Å². The van der Waals surface area contributed by atoms with Crippen LogP contribution in [0.3, 0.4) is 0 Å². The molecule has 2 aromatic rings. The number of nitrogens with zero attached hydrogens (tertiary/aromatic N) is 2. The van der Waals surface area contributed by atoms with Crippen LogP contribution in [0.2, 0.25) is 0 Å². The molecule has 1 aliphatic heterocycles. The maximum atomic E-state index is 11.5. The molecule has 1 aliphatic rings. The van der Waals surface area contributed by atoms with Crippen molar-refractivity contribution in [3.63, 3.8) is 0 Å². The van der Waals surface area contributed by atoms with Gasteiger partial charge in [-0.05, 0) is 24.6 Å². The first-order valence-electron chi connectivity index (χ1n) is 6.97. The lowest BCUT2D eigenvalue weighted by Gasteiger charge is -2.13. The lowest BCUT2D eigenvalue weighted by Crippen LogP contribution is -2.31. The lowest BCUT2D eigenvalue weighted by molar-refractivity contribution is -0.137. The number of amides is 2. The third-order valence-corrected chi connectivity index (χ3v) is 4.51. The highest BCUT2D eigenvalue weighted by Gasteiger charge is 2.28. The first kappa shape index (κ1) is 14.1. The predicted molar refractivity (Wildman–Crippen MR) is 83.2 cm³/mol. The molecule has 108 valence electrons. The second-order valence-corrected chi connectivity index (χ2v) is 6.20. The number of para-hydroxylation sites is 1. The summed E-state index contributed by atoms with van der Waals surface area (Å²) in [5.41, 5.74) is 2.17. The molecule has 1 aromatic carbocycles. The Morgan fingerprint density at radius 2 is 1.90 bits per heavy atom. The van der Waals surface area contributed by atoms with Crippen molar-refractivity contribution in [1.29, 1.82) is 0 Å². The third kappa shape index (κ3) is 2.93. The molecule has 0 radical (unpaired) electrons. The normalized spacial score (nSPS) is 15.2. The number of imide groups is 1. The van der Waals surface area contributed by atoms with Crippen molar-refractivity contribution >= 4 is 34.5 Å². The molecule has 5 heteroatoms. The summed E-state index contributed by atoms with van der Waals surface area (Å²) in [7, 11) is 0. The number of carbonyl (C=O) groups excluding carboxylic acids is 2. The van der Waals surface area contributed by atoms with E-state index in [1.54, 1.807) is 11.8 Å². The number of hydrogen-bond acceptors (Lipinski definition) is 4. The average molecular weight is 300 g/mol. The lowest BCUT2D eigenvalue weighted by atomic mass is 10.1. The molecular formula is C16H16N2O2S. The first-order chi connectivity index (χ1) is 10.1. The number of likely N-dealkylation sites (tertiary alicyclic amines) is 1. The molecule has 1 aromatic heterocycles.